The maximum atomic E-state index is 12.7. The fraction of sp³-hybridized carbons (Fsp3) is 0.256. The van der Waals surface area contributed by atoms with Gasteiger partial charge >= 0.3 is 29.8 Å². The molecule has 0 heterocycles. The highest BCUT2D eigenvalue weighted by Gasteiger charge is 2.18. The van der Waals surface area contributed by atoms with Crippen molar-refractivity contribution in [2.75, 3.05) is 26.4 Å². The zero-order chi connectivity index (χ0) is 36.4. The smallest absolute Gasteiger partial charge is 0.343 e. The number of ether oxygens (including phenoxy) is 7. The van der Waals surface area contributed by atoms with E-state index in [1.807, 2.05) is 0 Å². The molecule has 0 unspecified atom stereocenters. The summed E-state index contributed by atoms with van der Waals surface area (Å²) in [4.78, 5) is 59.7. The van der Waals surface area contributed by atoms with Gasteiger partial charge < -0.3 is 33.2 Å². The molecule has 0 saturated heterocycles. The van der Waals surface area contributed by atoms with E-state index in [9.17, 15) is 24.0 Å². The van der Waals surface area contributed by atoms with Gasteiger partial charge in [-0.3, -0.25) is 4.79 Å². The highest BCUT2D eigenvalue weighted by Crippen LogP contribution is 2.24. The summed E-state index contributed by atoms with van der Waals surface area (Å²) in [6.07, 6.45) is 6.85. The van der Waals surface area contributed by atoms with E-state index in [-0.39, 0.29) is 30.5 Å². The number of hydrogen-bond acceptors (Lipinski definition) is 12. The third-order valence-electron chi connectivity index (χ3n) is 7.08. The topological polar surface area (TPSA) is 150 Å². The van der Waals surface area contributed by atoms with Crippen molar-refractivity contribution in [2.24, 2.45) is 0 Å². The molecule has 0 atom stereocenters. The van der Waals surface area contributed by atoms with Crippen molar-refractivity contribution in [1.29, 1.82) is 0 Å². The normalized spacial score (nSPS) is 11.9. The van der Waals surface area contributed by atoms with Gasteiger partial charge in [-0.25, -0.2) is 19.2 Å². The van der Waals surface area contributed by atoms with Crippen molar-refractivity contribution in [3.63, 3.8) is 0 Å². The quantitative estimate of drug-likeness (QED) is 0.0457. The molecule has 1 aliphatic carbocycles. The third-order valence-corrected chi connectivity index (χ3v) is 7.08. The lowest BCUT2D eigenvalue weighted by Gasteiger charge is -2.15. The second-order valence-electron chi connectivity index (χ2n) is 11.0. The minimum absolute atomic E-state index is 0.249. The molecule has 0 aromatic heterocycles. The van der Waals surface area contributed by atoms with Crippen LogP contribution in [0.1, 0.15) is 70.1 Å². The second-order valence-corrected chi connectivity index (χ2v) is 11.0. The van der Waals surface area contributed by atoms with Crippen molar-refractivity contribution >= 4 is 29.8 Å². The van der Waals surface area contributed by atoms with Crippen LogP contribution in [-0.4, -0.2) is 56.3 Å². The Bertz CT molecular complexity index is 1740. The van der Waals surface area contributed by atoms with Crippen LogP contribution in [0.4, 0.5) is 0 Å². The van der Waals surface area contributed by atoms with Crippen LogP contribution in [0.2, 0.25) is 0 Å². The van der Waals surface area contributed by atoms with Crippen LogP contribution >= 0.6 is 0 Å². The summed E-state index contributed by atoms with van der Waals surface area (Å²) >= 11 is 0. The monoisotopic (exact) mass is 698 g/mol. The van der Waals surface area contributed by atoms with Crippen LogP contribution in [0.3, 0.4) is 0 Å². The molecule has 0 spiro atoms. The number of carbonyl (C=O) groups excluding carboxylic acids is 5. The van der Waals surface area contributed by atoms with E-state index in [4.69, 9.17) is 33.2 Å². The summed E-state index contributed by atoms with van der Waals surface area (Å²) in [6.45, 7) is 6.03. The van der Waals surface area contributed by atoms with Crippen molar-refractivity contribution in [1.82, 2.24) is 0 Å². The molecule has 0 radical (unpaired) electrons. The number of carbonyl (C=O) groups is 5. The molecule has 12 nitrogen and oxygen atoms in total. The molecule has 3 aromatic rings. The Hall–Kier alpha value is -6.17. The molecule has 0 fully saturated rings. The summed E-state index contributed by atoms with van der Waals surface area (Å²) in [6, 6.07) is 19.0. The SMILES string of the molecule is C=CC(=O)OCCCCOc1ccc(C(=O)Oc2ccc(C(=O)OC3=CC=C(OC(=O)c4ccc(OCCCOC(C)=O)cc4)CC3)cc2)cc1. The summed E-state index contributed by atoms with van der Waals surface area (Å²) in [5.74, 6) is -0.252. The molecule has 51 heavy (non-hydrogen) atoms. The molecular weight excluding hydrogens is 660 g/mol. The Morgan fingerprint density at radius 3 is 1.41 bits per heavy atom. The summed E-state index contributed by atoms with van der Waals surface area (Å²) in [7, 11) is 0. The molecule has 0 aliphatic heterocycles. The van der Waals surface area contributed by atoms with Gasteiger partial charge in [0, 0.05) is 32.3 Å². The lowest BCUT2D eigenvalue weighted by atomic mass is 10.1. The summed E-state index contributed by atoms with van der Waals surface area (Å²) in [5.41, 5.74) is 0.920. The van der Waals surface area contributed by atoms with E-state index in [0.29, 0.717) is 79.5 Å². The molecule has 0 saturated carbocycles. The minimum Gasteiger partial charge on any atom is -0.494 e. The fourth-order valence-electron chi connectivity index (χ4n) is 4.42. The number of rotatable bonds is 18. The van der Waals surface area contributed by atoms with Gasteiger partial charge in [-0.05, 0) is 97.8 Å². The van der Waals surface area contributed by atoms with Gasteiger partial charge in [-0.2, -0.15) is 0 Å². The number of hydrogen-bond donors (Lipinski definition) is 0. The predicted molar refractivity (Wildman–Crippen MR) is 183 cm³/mol. The number of allylic oxidation sites excluding steroid dienone is 4. The Labute approximate surface area is 295 Å². The number of benzene rings is 3. The molecule has 4 rings (SSSR count). The third kappa shape index (κ3) is 13.0. The van der Waals surface area contributed by atoms with E-state index in [2.05, 4.69) is 6.58 Å². The first kappa shape index (κ1) is 37.6. The van der Waals surface area contributed by atoms with Crippen LogP contribution in [0.5, 0.6) is 17.2 Å². The van der Waals surface area contributed by atoms with Crippen LogP contribution in [0, 0.1) is 0 Å². The second kappa shape index (κ2) is 19.7. The minimum atomic E-state index is -0.588. The Morgan fingerprint density at radius 2 is 0.961 bits per heavy atom. The number of unbranched alkanes of at least 4 members (excludes halogenated alkanes) is 1. The molecule has 266 valence electrons. The van der Waals surface area contributed by atoms with Gasteiger partial charge in [0.25, 0.3) is 0 Å². The predicted octanol–water partition coefficient (Wildman–Crippen LogP) is 6.70. The Kier molecular flexibility index (Phi) is 14.6. The Balaban J connectivity index is 1.17. The van der Waals surface area contributed by atoms with Gasteiger partial charge in [-0.1, -0.05) is 6.58 Å². The van der Waals surface area contributed by atoms with Crippen LogP contribution in [0.25, 0.3) is 0 Å². The molecule has 12 heteroatoms. The highest BCUT2D eigenvalue weighted by atomic mass is 16.6. The standard InChI is InChI=1S/C39H38O12/c1-3-36(41)48-24-5-4-23-46-31-13-7-28(8-14-31)37(42)49-33-17-11-30(12-18-33)39(44)51-35-21-19-34(20-22-35)50-38(43)29-9-15-32(16-10-29)47-26-6-25-45-27(2)40/h3,7-19,21H,1,4-6,20,22-26H2,2H3. The first-order valence-electron chi connectivity index (χ1n) is 16.2. The van der Waals surface area contributed by atoms with E-state index < -0.39 is 23.9 Å². The van der Waals surface area contributed by atoms with Gasteiger partial charge in [0.2, 0.25) is 0 Å². The average Bonchev–Trinajstić information content (AvgIpc) is 3.14. The van der Waals surface area contributed by atoms with Crippen molar-refractivity contribution in [3.8, 4) is 17.2 Å². The van der Waals surface area contributed by atoms with E-state index in [1.165, 1.54) is 31.2 Å². The summed E-state index contributed by atoms with van der Waals surface area (Å²) < 4.78 is 37.4. The number of esters is 5. The van der Waals surface area contributed by atoms with Gasteiger partial charge in [0.1, 0.15) is 28.8 Å². The van der Waals surface area contributed by atoms with Gasteiger partial charge in [-0.15, -0.1) is 0 Å². The lowest BCUT2D eigenvalue weighted by Crippen LogP contribution is -2.11. The van der Waals surface area contributed by atoms with E-state index in [1.54, 1.807) is 60.7 Å². The van der Waals surface area contributed by atoms with Crippen LogP contribution < -0.4 is 14.2 Å². The van der Waals surface area contributed by atoms with E-state index >= 15 is 0 Å². The molecular formula is C39H38O12. The van der Waals surface area contributed by atoms with Gasteiger partial charge in [0.05, 0.1) is 43.1 Å². The zero-order valence-electron chi connectivity index (χ0n) is 28.1. The molecule has 0 N–H and O–H groups in total. The van der Waals surface area contributed by atoms with Gasteiger partial charge in [0.15, 0.2) is 0 Å². The fourth-order valence-corrected chi connectivity index (χ4v) is 4.42. The Morgan fingerprint density at radius 1 is 0.549 bits per heavy atom. The highest BCUT2D eigenvalue weighted by molar-refractivity contribution is 5.92. The van der Waals surface area contributed by atoms with E-state index in [0.717, 1.165) is 6.08 Å². The van der Waals surface area contributed by atoms with Crippen molar-refractivity contribution < 1.29 is 57.1 Å². The summed E-state index contributed by atoms with van der Waals surface area (Å²) in [5, 5.41) is 0. The first-order chi connectivity index (χ1) is 24.7. The molecule has 0 bridgehead atoms. The lowest BCUT2D eigenvalue weighted by molar-refractivity contribution is -0.141. The van der Waals surface area contributed by atoms with Crippen LogP contribution in [-0.2, 0) is 28.5 Å². The zero-order valence-corrected chi connectivity index (χ0v) is 28.1. The molecule has 1 aliphatic rings. The first-order valence-corrected chi connectivity index (χ1v) is 16.2. The maximum Gasteiger partial charge on any atom is 0.343 e. The largest absolute Gasteiger partial charge is 0.494 e. The van der Waals surface area contributed by atoms with Crippen molar-refractivity contribution in [2.45, 2.75) is 39.0 Å². The molecule has 3 aromatic carbocycles. The average molecular weight is 699 g/mol. The van der Waals surface area contributed by atoms with Crippen LogP contribution in [0.15, 0.2) is 109 Å². The molecule has 0 amide bonds. The van der Waals surface area contributed by atoms with Crippen molar-refractivity contribution in [3.05, 3.63) is 126 Å². The maximum absolute atomic E-state index is 12.7.